The molecule has 3 nitrogen and oxygen atoms in total. The Balaban J connectivity index is 2.44. The van der Waals surface area contributed by atoms with E-state index < -0.39 is 0 Å². The number of hydrogen-bond acceptors (Lipinski definition) is 2. The molecule has 1 aromatic heterocycles. The van der Waals surface area contributed by atoms with Crippen molar-refractivity contribution in [1.29, 1.82) is 0 Å². The van der Waals surface area contributed by atoms with Gasteiger partial charge in [0.2, 0.25) is 0 Å². The topological polar surface area (TPSA) is 29.9 Å². The van der Waals surface area contributed by atoms with Gasteiger partial charge in [0.25, 0.3) is 0 Å². The average Bonchev–Trinajstić information content (AvgIpc) is 2.62. The van der Waals surface area contributed by atoms with Crippen LogP contribution in [0.5, 0.6) is 0 Å². The molecule has 0 aliphatic carbocycles. The fraction of sp³-hybridized carbons (Fsp3) is 0.700. The molecule has 0 saturated carbocycles. The molecule has 0 aromatic carbocycles. The number of aromatic nitrogens is 2. The van der Waals surface area contributed by atoms with E-state index in [1.807, 2.05) is 10.9 Å². The first kappa shape index (κ1) is 11.7. The maximum absolute atomic E-state index is 4.45. The molecule has 0 aliphatic rings. The van der Waals surface area contributed by atoms with Gasteiger partial charge in [-0.05, 0) is 26.8 Å². The summed E-state index contributed by atoms with van der Waals surface area (Å²) in [6, 6.07) is 2.99. The number of hydrogen-bond donors (Lipinski definition) is 1. The second-order valence-electron chi connectivity index (χ2n) is 3.82. The summed E-state index contributed by atoms with van der Waals surface area (Å²) in [4.78, 5) is 0. The van der Waals surface area contributed by atoms with Crippen molar-refractivity contribution in [3.63, 3.8) is 0 Å². The molecule has 0 amide bonds. The molecule has 1 unspecified atom stereocenters. The fourth-order valence-electron chi connectivity index (χ4n) is 1.09. The van der Waals surface area contributed by atoms with Crippen LogP contribution in [0.3, 0.4) is 0 Å². The van der Waals surface area contributed by atoms with Crippen LogP contribution in [0, 0.1) is 0 Å². The zero-order valence-corrected chi connectivity index (χ0v) is 10.6. The van der Waals surface area contributed by atoms with E-state index in [4.69, 9.17) is 0 Å². The van der Waals surface area contributed by atoms with Crippen LogP contribution in [0.15, 0.2) is 12.3 Å². The second-order valence-corrected chi connectivity index (χ2v) is 4.46. The maximum Gasteiger partial charge on any atom is 0.0762 e. The number of halogens is 1. The predicted molar refractivity (Wildman–Crippen MR) is 62.7 cm³/mol. The first-order valence-corrected chi connectivity index (χ1v) is 6.09. The lowest BCUT2D eigenvalue weighted by Gasteiger charge is -2.08. The minimum atomic E-state index is 0.442. The van der Waals surface area contributed by atoms with Gasteiger partial charge in [-0.25, -0.2) is 0 Å². The lowest BCUT2D eigenvalue weighted by molar-refractivity contribution is 0.516. The van der Waals surface area contributed by atoms with Crippen LogP contribution >= 0.6 is 15.9 Å². The predicted octanol–water partition coefficient (Wildman–Crippen LogP) is 2.34. The van der Waals surface area contributed by atoms with Crippen LogP contribution < -0.4 is 5.32 Å². The van der Waals surface area contributed by atoms with Crippen LogP contribution in [0.25, 0.3) is 0 Å². The third-order valence-electron chi connectivity index (χ3n) is 2.06. The van der Waals surface area contributed by atoms with Crippen molar-refractivity contribution >= 4 is 15.9 Å². The van der Waals surface area contributed by atoms with E-state index in [0.717, 1.165) is 17.6 Å². The minimum absolute atomic E-state index is 0.442. The van der Waals surface area contributed by atoms with E-state index in [-0.39, 0.29) is 0 Å². The van der Waals surface area contributed by atoms with Gasteiger partial charge < -0.3 is 5.32 Å². The highest BCUT2D eigenvalue weighted by Gasteiger charge is 2.03. The molecule has 0 saturated heterocycles. The Hall–Kier alpha value is -0.350. The second kappa shape index (κ2) is 5.51. The molecule has 1 N–H and O–H groups in total. The van der Waals surface area contributed by atoms with E-state index in [0.29, 0.717) is 12.1 Å². The minimum Gasteiger partial charge on any atom is -0.308 e. The summed E-state index contributed by atoms with van der Waals surface area (Å²) in [7, 11) is 0. The largest absolute Gasteiger partial charge is 0.308 e. The molecule has 0 bridgehead atoms. The molecule has 1 rings (SSSR count). The molecule has 0 spiro atoms. The summed E-state index contributed by atoms with van der Waals surface area (Å²) in [5, 5.41) is 8.80. The van der Waals surface area contributed by atoms with E-state index in [2.05, 4.69) is 53.2 Å². The Morgan fingerprint density at radius 3 is 2.71 bits per heavy atom. The van der Waals surface area contributed by atoms with Gasteiger partial charge in [-0.15, -0.1) is 0 Å². The van der Waals surface area contributed by atoms with Gasteiger partial charge in [0.05, 0.1) is 5.69 Å². The number of nitrogens with zero attached hydrogens (tertiary/aromatic N) is 2. The van der Waals surface area contributed by atoms with Crippen LogP contribution in [-0.2, 0) is 6.54 Å². The van der Waals surface area contributed by atoms with Crippen LogP contribution in [0.1, 0.15) is 32.5 Å². The van der Waals surface area contributed by atoms with Crippen LogP contribution in [-0.4, -0.2) is 21.2 Å². The van der Waals surface area contributed by atoms with Crippen LogP contribution in [0.2, 0.25) is 0 Å². The molecule has 1 aromatic rings. The summed E-state index contributed by atoms with van der Waals surface area (Å²) in [5.74, 6) is 0. The standard InChI is InChI=1S/C10H18BrN3/c1-8(2)14-5-4-10(13-14)7-12-9(3)6-11/h4-5,8-9,12H,6-7H2,1-3H3. The Labute approximate surface area is 94.0 Å². The van der Waals surface area contributed by atoms with Gasteiger partial charge in [0, 0.05) is 30.2 Å². The Bertz CT molecular complexity index is 270. The molecular weight excluding hydrogens is 242 g/mol. The fourth-order valence-corrected chi connectivity index (χ4v) is 1.32. The Morgan fingerprint density at radius 1 is 1.50 bits per heavy atom. The van der Waals surface area contributed by atoms with Gasteiger partial charge in [0.1, 0.15) is 0 Å². The van der Waals surface area contributed by atoms with Crippen molar-refractivity contribution in [2.24, 2.45) is 0 Å². The summed E-state index contributed by atoms with van der Waals surface area (Å²) >= 11 is 3.43. The van der Waals surface area contributed by atoms with Crippen molar-refractivity contribution in [2.75, 3.05) is 5.33 Å². The normalized spacial score (nSPS) is 13.5. The quantitative estimate of drug-likeness (QED) is 0.823. The molecule has 0 aliphatic heterocycles. The van der Waals surface area contributed by atoms with Crippen molar-refractivity contribution in [3.05, 3.63) is 18.0 Å². The van der Waals surface area contributed by atoms with Gasteiger partial charge in [-0.1, -0.05) is 15.9 Å². The van der Waals surface area contributed by atoms with Crippen molar-refractivity contribution in [1.82, 2.24) is 15.1 Å². The van der Waals surface area contributed by atoms with Gasteiger partial charge >= 0.3 is 0 Å². The van der Waals surface area contributed by atoms with Crippen LogP contribution in [0.4, 0.5) is 0 Å². The van der Waals surface area contributed by atoms with Crippen molar-refractivity contribution in [3.8, 4) is 0 Å². The smallest absolute Gasteiger partial charge is 0.0762 e. The SMILES string of the molecule is CC(CBr)NCc1ccn(C(C)C)n1. The molecule has 0 fully saturated rings. The molecule has 4 heteroatoms. The molecule has 0 radical (unpaired) electrons. The monoisotopic (exact) mass is 259 g/mol. The highest BCUT2D eigenvalue weighted by Crippen LogP contribution is 2.04. The number of rotatable bonds is 5. The Kier molecular flexibility index (Phi) is 4.62. The van der Waals surface area contributed by atoms with E-state index in [1.165, 1.54) is 0 Å². The third kappa shape index (κ3) is 3.42. The van der Waals surface area contributed by atoms with E-state index in [9.17, 15) is 0 Å². The van der Waals surface area contributed by atoms with Gasteiger partial charge in [-0.3, -0.25) is 4.68 Å². The van der Waals surface area contributed by atoms with Crippen molar-refractivity contribution in [2.45, 2.75) is 39.4 Å². The first-order valence-electron chi connectivity index (χ1n) is 4.97. The summed E-state index contributed by atoms with van der Waals surface area (Å²) in [6.07, 6.45) is 2.03. The number of alkyl halides is 1. The summed E-state index contributed by atoms with van der Waals surface area (Å²) in [6.45, 7) is 7.25. The maximum atomic E-state index is 4.45. The third-order valence-corrected chi connectivity index (χ3v) is 3.03. The molecule has 14 heavy (non-hydrogen) atoms. The van der Waals surface area contributed by atoms with Crippen molar-refractivity contribution < 1.29 is 0 Å². The number of nitrogens with one attached hydrogen (secondary N) is 1. The van der Waals surface area contributed by atoms with Gasteiger partial charge in [-0.2, -0.15) is 5.10 Å². The summed E-state index contributed by atoms with van der Waals surface area (Å²) < 4.78 is 1.98. The highest BCUT2D eigenvalue weighted by atomic mass is 79.9. The zero-order chi connectivity index (χ0) is 10.6. The van der Waals surface area contributed by atoms with Gasteiger partial charge in [0.15, 0.2) is 0 Å². The summed E-state index contributed by atoms with van der Waals surface area (Å²) in [5.41, 5.74) is 1.10. The average molecular weight is 260 g/mol. The zero-order valence-electron chi connectivity index (χ0n) is 9.00. The van der Waals surface area contributed by atoms with E-state index >= 15 is 0 Å². The lowest BCUT2D eigenvalue weighted by atomic mass is 10.3. The molecule has 1 heterocycles. The first-order chi connectivity index (χ1) is 6.63. The van der Waals surface area contributed by atoms with E-state index in [1.54, 1.807) is 0 Å². The molecule has 1 atom stereocenters. The Morgan fingerprint density at radius 2 is 2.21 bits per heavy atom. The molecular formula is C10H18BrN3. The lowest BCUT2D eigenvalue weighted by Crippen LogP contribution is -2.26. The highest BCUT2D eigenvalue weighted by molar-refractivity contribution is 9.09. The molecule has 80 valence electrons.